The first kappa shape index (κ1) is 21.4. The number of hydrogen-bond donors (Lipinski definition) is 2. The van der Waals surface area contributed by atoms with Gasteiger partial charge in [0.15, 0.2) is 0 Å². The quantitative estimate of drug-likeness (QED) is 0.765. The summed E-state index contributed by atoms with van der Waals surface area (Å²) in [5, 5.41) is 5.47. The molecule has 0 spiro atoms. The van der Waals surface area contributed by atoms with Crippen LogP contribution in [0.2, 0.25) is 0 Å². The van der Waals surface area contributed by atoms with Crippen molar-refractivity contribution < 1.29 is 14.3 Å². The second-order valence-electron chi connectivity index (χ2n) is 7.90. The first-order chi connectivity index (χ1) is 14.1. The summed E-state index contributed by atoms with van der Waals surface area (Å²) in [6.07, 6.45) is 5.53. The number of urea groups is 1. The largest absolute Gasteiger partial charge is 0.492 e. The molecule has 0 aromatic heterocycles. The second kappa shape index (κ2) is 10.5. The number of para-hydroxylation sites is 2. The topological polar surface area (TPSA) is 73.9 Å². The van der Waals surface area contributed by atoms with Gasteiger partial charge < -0.3 is 15.0 Å². The van der Waals surface area contributed by atoms with E-state index in [-0.39, 0.29) is 24.0 Å². The standard InChI is InChI=1S/C22H34N4O3/c1-3-29-20-12-8-7-11-19(20)26-15-13-25(14-16-26)17(2)21(27)24-22(28)23-18-9-5-4-6-10-18/h7-8,11-12,17-18H,3-6,9-10,13-16H2,1-2H3,(H2,23,24,27,28)/t17-/m1/s1. The fourth-order valence-electron chi connectivity index (χ4n) is 4.20. The Morgan fingerprint density at radius 1 is 1.10 bits per heavy atom. The molecule has 29 heavy (non-hydrogen) atoms. The Morgan fingerprint density at radius 2 is 1.79 bits per heavy atom. The van der Waals surface area contributed by atoms with E-state index in [1.165, 1.54) is 6.42 Å². The molecule has 1 aliphatic carbocycles. The highest BCUT2D eigenvalue weighted by Crippen LogP contribution is 2.29. The number of nitrogens with one attached hydrogen (secondary N) is 2. The number of carbonyl (C=O) groups excluding carboxylic acids is 2. The van der Waals surface area contributed by atoms with Gasteiger partial charge >= 0.3 is 6.03 Å². The van der Waals surface area contributed by atoms with Gasteiger partial charge in [0.2, 0.25) is 5.91 Å². The van der Waals surface area contributed by atoms with Crippen LogP contribution in [0.3, 0.4) is 0 Å². The van der Waals surface area contributed by atoms with E-state index in [2.05, 4.69) is 26.5 Å². The summed E-state index contributed by atoms with van der Waals surface area (Å²) >= 11 is 0. The van der Waals surface area contributed by atoms with E-state index in [4.69, 9.17) is 4.74 Å². The molecule has 1 aromatic carbocycles. The van der Waals surface area contributed by atoms with E-state index in [0.717, 1.165) is 63.3 Å². The van der Waals surface area contributed by atoms with Crippen molar-refractivity contribution >= 4 is 17.6 Å². The van der Waals surface area contributed by atoms with Crippen molar-refractivity contribution in [3.8, 4) is 5.75 Å². The lowest BCUT2D eigenvalue weighted by molar-refractivity contribution is -0.124. The third-order valence-corrected chi connectivity index (χ3v) is 5.92. The number of ether oxygens (including phenoxy) is 1. The molecule has 160 valence electrons. The number of hydrogen-bond acceptors (Lipinski definition) is 5. The molecule has 0 radical (unpaired) electrons. The van der Waals surface area contributed by atoms with E-state index in [0.29, 0.717) is 6.61 Å². The number of benzene rings is 1. The number of amides is 3. The minimum Gasteiger partial charge on any atom is -0.492 e. The molecule has 0 bridgehead atoms. The number of nitrogens with zero attached hydrogens (tertiary/aromatic N) is 2. The van der Waals surface area contributed by atoms with Crippen molar-refractivity contribution in [2.24, 2.45) is 0 Å². The van der Waals surface area contributed by atoms with Crippen LogP contribution in [0.15, 0.2) is 24.3 Å². The third kappa shape index (κ3) is 5.85. The van der Waals surface area contributed by atoms with Gasteiger partial charge in [-0.1, -0.05) is 31.4 Å². The lowest BCUT2D eigenvalue weighted by atomic mass is 9.96. The summed E-state index contributed by atoms with van der Waals surface area (Å²) in [6.45, 7) is 7.65. The van der Waals surface area contributed by atoms with Gasteiger partial charge in [-0.15, -0.1) is 0 Å². The SMILES string of the molecule is CCOc1ccccc1N1CCN([C@H](C)C(=O)NC(=O)NC2CCCCC2)CC1. The molecule has 1 aliphatic heterocycles. The van der Waals surface area contributed by atoms with E-state index in [1.54, 1.807) is 0 Å². The molecule has 2 fully saturated rings. The van der Waals surface area contributed by atoms with E-state index in [1.807, 2.05) is 32.0 Å². The normalized spacial score (nSPS) is 19.4. The molecular weight excluding hydrogens is 368 g/mol. The van der Waals surface area contributed by atoms with E-state index in [9.17, 15) is 9.59 Å². The number of carbonyl (C=O) groups is 2. The molecular formula is C22H34N4O3. The first-order valence-electron chi connectivity index (χ1n) is 10.9. The van der Waals surface area contributed by atoms with Gasteiger partial charge in [0.1, 0.15) is 5.75 Å². The predicted molar refractivity (Wildman–Crippen MR) is 114 cm³/mol. The smallest absolute Gasteiger partial charge is 0.321 e. The Balaban J connectivity index is 1.47. The van der Waals surface area contributed by atoms with Crippen LogP contribution in [0.4, 0.5) is 10.5 Å². The Morgan fingerprint density at radius 3 is 2.48 bits per heavy atom. The number of rotatable bonds is 6. The predicted octanol–water partition coefficient (Wildman–Crippen LogP) is 2.75. The van der Waals surface area contributed by atoms with Gasteiger partial charge in [0.05, 0.1) is 18.3 Å². The van der Waals surface area contributed by atoms with E-state index < -0.39 is 0 Å². The minimum atomic E-state index is -0.363. The number of anilines is 1. The molecule has 1 aromatic rings. The minimum absolute atomic E-state index is 0.195. The highest BCUT2D eigenvalue weighted by Gasteiger charge is 2.28. The lowest BCUT2D eigenvalue weighted by Crippen LogP contribution is -2.56. The molecule has 3 rings (SSSR count). The van der Waals surface area contributed by atoms with Crippen LogP contribution in [0, 0.1) is 0 Å². The Hall–Kier alpha value is -2.28. The van der Waals surface area contributed by atoms with Gasteiger partial charge in [0.25, 0.3) is 0 Å². The fraction of sp³-hybridized carbons (Fsp3) is 0.636. The van der Waals surface area contributed by atoms with Crippen molar-refractivity contribution in [2.45, 2.75) is 58.0 Å². The highest BCUT2D eigenvalue weighted by atomic mass is 16.5. The average Bonchev–Trinajstić information content (AvgIpc) is 2.74. The zero-order valence-electron chi connectivity index (χ0n) is 17.7. The molecule has 2 N–H and O–H groups in total. The molecule has 1 saturated heterocycles. The summed E-state index contributed by atoms with van der Waals surface area (Å²) in [6, 6.07) is 7.56. The van der Waals surface area contributed by atoms with Crippen molar-refractivity contribution in [3.05, 3.63) is 24.3 Å². The van der Waals surface area contributed by atoms with Crippen LogP contribution in [0.5, 0.6) is 5.75 Å². The summed E-state index contributed by atoms with van der Waals surface area (Å²) in [4.78, 5) is 29.1. The fourth-order valence-corrected chi connectivity index (χ4v) is 4.20. The second-order valence-corrected chi connectivity index (χ2v) is 7.90. The average molecular weight is 403 g/mol. The van der Waals surface area contributed by atoms with Crippen molar-refractivity contribution in [3.63, 3.8) is 0 Å². The zero-order valence-corrected chi connectivity index (χ0v) is 17.7. The van der Waals surface area contributed by atoms with Crippen molar-refractivity contribution in [1.29, 1.82) is 0 Å². The van der Waals surface area contributed by atoms with Gasteiger partial charge in [-0.3, -0.25) is 15.0 Å². The monoisotopic (exact) mass is 402 g/mol. The molecule has 1 saturated carbocycles. The highest BCUT2D eigenvalue weighted by molar-refractivity contribution is 5.96. The first-order valence-corrected chi connectivity index (χ1v) is 10.9. The number of imide groups is 1. The molecule has 0 unspecified atom stereocenters. The molecule has 7 nitrogen and oxygen atoms in total. The van der Waals surface area contributed by atoms with Crippen LogP contribution in [-0.4, -0.2) is 61.7 Å². The molecule has 3 amide bonds. The van der Waals surface area contributed by atoms with Crippen LogP contribution < -0.4 is 20.3 Å². The van der Waals surface area contributed by atoms with Crippen molar-refractivity contribution in [2.75, 3.05) is 37.7 Å². The molecule has 2 aliphatic rings. The van der Waals surface area contributed by atoms with E-state index >= 15 is 0 Å². The number of piperazine rings is 1. The van der Waals surface area contributed by atoms with Crippen LogP contribution in [0.1, 0.15) is 46.0 Å². The molecule has 1 heterocycles. The molecule has 7 heteroatoms. The van der Waals surface area contributed by atoms with Crippen LogP contribution in [-0.2, 0) is 4.79 Å². The maximum absolute atomic E-state index is 12.5. The van der Waals surface area contributed by atoms with Gasteiger partial charge in [-0.2, -0.15) is 0 Å². The van der Waals surface area contributed by atoms with Crippen molar-refractivity contribution in [1.82, 2.24) is 15.5 Å². The summed E-state index contributed by atoms with van der Waals surface area (Å²) in [7, 11) is 0. The zero-order chi connectivity index (χ0) is 20.6. The Kier molecular flexibility index (Phi) is 7.75. The van der Waals surface area contributed by atoms with Gasteiger partial charge in [-0.05, 0) is 38.8 Å². The summed E-state index contributed by atoms with van der Waals surface area (Å²) in [5.41, 5.74) is 1.10. The maximum atomic E-state index is 12.5. The third-order valence-electron chi connectivity index (χ3n) is 5.92. The Labute approximate surface area is 173 Å². The lowest BCUT2D eigenvalue weighted by Gasteiger charge is -2.38. The van der Waals surface area contributed by atoms with Gasteiger partial charge in [0, 0.05) is 32.2 Å². The Bertz CT molecular complexity index is 682. The van der Waals surface area contributed by atoms with Crippen LogP contribution in [0.25, 0.3) is 0 Å². The maximum Gasteiger partial charge on any atom is 0.321 e. The summed E-state index contributed by atoms with van der Waals surface area (Å²) < 4.78 is 5.74. The van der Waals surface area contributed by atoms with Crippen LogP contribution >= 0.6 is 0 Å². The molecule has 1 atom stereocenters. The van der Waals surface area contributed by atoms with Gasteiger partial charge in [-0.25, -0.2) is 4.79 Å². The summed E-state index contributed by atoms with van der Waals surface area (Å²) in [5.74, 6) is 0.662.